The molecule has 0 atom stereocenters. The van der Waals surface area contributed by atoms with Gasteiger partial charge in [-0.25, -0.2) is 13.4 Å². The summed E-state index contributed by atoms with van der Waals surface area (Å²) in [6.45, 7) is 4.70. The minimum Gasteiger partial charge on any atom is -0.348 e. The summed E-state index contributed by atoms with van der Waals surface area (Å²) < 4.78 is 30.8. The second kappa shape index (κ2) is 11.5. The van der Waals surface area contributed by atoms with E-state index >= 15 is 0 Å². The first-order valence-corrected chi connectivity index (χ1v) is 16.4. The predicted octanol–water partition coefficient (Wildman–Crippen LogP) is 3.06. The molecule has 5 heterocycles. The van der Waals surface area contributed by atoms with E-state index in [0.717, 1.165) is 37.1 Å². The third-order valence-corrected chi connectivity index (χ3v) is 10.7. The molecule has 1 saturated heterocycles. The normalized spacial score (nSPS) is 15.2. The average Bonchev–Trinajstić information content (AvgIpc) is 3.77. The first-order valence-electron chi connectivity index (χ1n) is 14.0. The lowest BCUT2D eigenvalue weighted by molar-refractivity contribution is 0.0951. The Kier molecular flexibility index (Phi) is 7.75. The fourth-order valence-corrected chi connectivity index (χ4v) is 7.62. The molecule has 14 heteroatoms. The summed E-state index contributed by atoms with van der Waals surface area (Å²) in [4.78, 5) is 19.8. The number of carbonyl (C=O) groups excluding carboxylic acids is 1. The molecule has 0 bridgehead atoms. The number of aromatic nitrogens is 6. The highest BCUT2D eigenvalue weighted by Gasteiger charge is 2.31. The first kappa shape index (κ1) is 29.0. The van der Waals surface area contributed by atoms with Gasteiger partial charge in [0.1, 0.15) is 5.65 Å². The van der Waals surface area contributed by atoms with Crippen LogP contribution in [0.5, 0.6) is 0 Å². The molecule has 0 spiro atoms. The number of sulfone groups is 1. The van der Waals surface area contributed by atoms with Gasteiger partial charge in [0, 0.05) is 62.6 Å². The number of benzene rings is 1. The van der Waals surface area contributed by atoms with Gasteiger partial charge in [-0.3, -0.25) is 9.48 Å². The minimum atomic E-state index is -3.83. The Hall–Kier alpha value is -4.14. The maximum atomic E-state index is 13.7. The Morgan fingerprint density at radius 3 is 2.65 bits per heavy atom. The second-order valence-corrected chi connectivity index (χ2v) is 14.2. The van der Waals surface area contributed by atoms with Crippen LogP contribution in [0.15, 0.2) is 66.1 Å². The maximum Gasteiger partial charge on any atom is 0.251 e. The minimum absolute atomic E-state index is 0.0801. The van der Waals surface area contributed by atoms with Crippen LogP contribution in [-0.2, 0) is 29.2 Å². The number of carbonyl (C=O) groups is 1. The quantitative estimate of drug-likeness (QED) is 0.253. The molecule has 3 N–H and O–H groups in total. The van der Waals surface area contributed by atoms with Gasteiger partial charge in [-0.15, -0.1) is 10.2 Å². The lowest BCUT2D eigenvalue weighted by Gasteiger charge is -2.38. The van der Waals surface area contributed by atoms with Crippen molar-refractivity contribution in [1.29, 1.82) is 0 Å². The SMILES string of the molecule is Cn1ccc(CS(=O)(=O)c2ccc(C(=O)NCc3ccn4ccnc4c3)cc2-c2nnc(N3CCC(C)(CN)CC3)s2)n1. The molecule has 43 heavy (non-hydrogen) atoms. The van der Waals surface area contributed by atoms with Crippen LogP contribution in [0, 0.1) is 5.41 Å². The van der Waals surface area contributed by atoms with Crippen LogP contribution >= 0.6 is 11.3 Å². The van der Waals surface area contributed by atoms with Gasteiger partial charge in [-0.1, -0.05) is 18.3 Å². The maximum absolute atomic E-state index is 13.7. The van der Waals surface area contributed by atoms with E-state index in [1.807, 2.05) is 28.9 Å². The molecule has 0 saturated carbocycles. The van der Waals surface area contributed by atoms with E-state index in [4.69, 9.17) is 5.73 Å². The number of pyridine rings is 1. The van der Waals surface area contributed by atoms with Gasteiger partial charge >= 0.3 is 0 Å². The van der Waals surface area contributed by atoms with Crippen LogP contribution in [0.4, 0.5) is 5.13 Å². The van der Waals surface area contributed by atoms with Crippen molar-refractivity contribution in [2.24, 2.45) is 18.2 Å². The Bertz CT molecular complexity index is 1890. The lowest BCUT2D eigenvalue weighted by atomic mass is 9.81. The molecule has 224 valence electrons. The first-order chi connectivity index (χ1) is 20.6. The number of imidazole rings is 1. The van der Waals surface area contributed by atoms with Crippen molar-refractivity contribution < 1.29 is 13.2 Å². The number of nitrogens with zero attached hydrogens (tertiary/aromatic N) is 7. The van der Waals surface area contributed by atoms with E-state index in [1.54, 1.807) is 36.3 Å². The monoisotopic (exact) mass is 619 g/mol. The zero-order valence-corrected chi connectivity index (χ0v) is 25.6. The molecule has 0 unspecified atom stereocenters. The zero-order chi connectivity index (χ0) is 30.2. The van der Waals surface area contributed by atoms with Crippen LogP contribution in [0.1, 0.15) is 41.4 Å². The number of rotatable bonds is 9. The number of piperidine rings is 1. The Labute approximate surface area is 253 Å². The number of fused-ring (bicyclic) bond motifs is 1. The number of nitrogens with two attached hydrogens (primary N) is 1. The molecule has 0 radical (unpaired) electrons. The molecule has 1 aromatic carbocycles. The smallest absolute Gasteiger partial charge is 0.251 e. The topological polar surface area (TPSA) is 153 Å². The van der Waals surface area contributed by atoms with E-state index in [1.165, 1.54) is 23.5 Å². The van der Waals surface area contributed by atoms with Crippen molar-refractivity contribution in [2.75, 3.05) is 24.5 Å². The summed E-state index contributed by atoms with van der Waals surface area (Å²) in [5, 5.41) is 17.1. The molecule has 1 aliphatic rings. The van der Waals surface area contributed by atoms with Crippen LogP contribution in [-0.4, -0.2) is 63.3 Å². The van der Waals surface area contributed by atoms with Gasteiger partial charge in [0.05, 0.1) is 16.3 Å². The number of nitrogens with one attached hydrogen (secondary N) is 1. The fourth-order valence-electron chi connectivity index (χ4n) is 5.16. The van der Waals surface area contributed by atoms with E-state index in [-0.39, 0.29) is 28.5 Å². The average molecular weight is 620 g/mol. The molecule has 12 nitrogen and oxygen atoms in total. The lowest BCUT2D eigenvalue weighted by Crippen LogP contribution is -2.42. The van der Waals surface area contributed by atoms with E-state index < -0.39 is 9.84 Å². The number of hydrogen-bond acceptors (Lipinski definition) is 10. The van der Waals surface area contributed by atoms with Crippen molar-refractivity contribution in [2.45, 2.75) is 37.0 Å². The molecule has 1 aliphatic heterocycles. The summed E-state index contributed by atoms with van der Waals surface area (Å²) in [7, 11) is -2.09. The molecule has 6 rings (SSSR count). The Morgan fingerprint density at radius 2 is 1.91 bits per heavy atom. The van der Waals surface area contributed by atoms with E-state index in [9.17, 15) is 13.2 Å². The number of aryl methyl sites for hydroxylation is 1. The molecule has 1 fully saturated rings. The highest BCUT2D eigenvalue weighted by molar-refractivity contribution is 7.90. The molecule has 0 aliphatic carbocycles. The highest BCUT2D eigenvalue weighted by Crippen LogP contribution is 2.37. The van der Waals surface area contributed by atoms with Crippen molar-refractivity contribution in [3.63, 3.8) is 0 Å². The van der Waals surface area contributed by atoms with E-state index in [0.29, 0.717) is 33.5 Å². The summed E-state index contributed by atoms with van der Waals surface area (Å²) >= 11 is 1.32. The zero-order valence-electron chi connectivity index (χ0n) is 24.0. The second-order valence-electron chi connectivity index (χ2n) is 11.3. The van der Waals surface area contributed by atoms with Crippen LogP contribution in [0.3, 0.4) is 0 Å². The third-order valence-electron chi connectivity index (χ3n) is 7.98. The molecule has 4 aromatic heterocycles. The van der Waals surface area contributed by atoms with Gasteiger partial charge < -0.3 is 20.4 Å². The molecule has 5 aromatic rings. The van der Waals surface area contributed by atoms with Crippen molar-refractivity contribution in [1.82, 2.24) is 34.7 Å². The van der Waals surface area contributed by atoms with Crippen LogP contribution in [0.2, 0.25) is 0 Å². The summed E-state index contributed by atoms with van der Waals surface area (Å²) in [6.07, 6.45) is 9.02. The van der Waals surface area contributed by atoms with E-state index in [2.05, 4.69) is 37.4 Å². The van der Waals surface area contributed by atoms with Gasteiger partial charge in [0.25, 0.3) is 5.91 Å². The standard InChI is InChI=1S/C29H33N9O3S2/c1-29(19-30)7-12-38(13-8-29)28-34-33-27(42-28)23-16-21(3-4-24(23)43(40,41)18-22-6-10-36(2)35-22)26(39)32-17-20-5-11-37-14-9-31-25(37)15-20/h3-6,9-11,14-16H,7-8,12-13,17-19,30H2,1-2H3,(H,32,39). The van der Waals surface area contributed by atoms with Gasteiger partial charge in [-0.05, 0) is 66.8 Å². The Balaban J connectivity index is 1.29. The summed E-state index contributed by atoms with van der Waals surface area (Å²) in [5.41, 5.74) is 8.85. The van der Waals surface area contributed by atoms with Crippen molar-refractivity contribution in [3.8, 4) is 10.6 Å². The van der Waals surface area contributed by atoms with Crippen LogP contribution < -0.4 is 16.0 Å². The summed E-state index contributed by atoms with van der Waals surface area (Å²) in [5.74, 6) is -0.613. The Morgan fingerprint density at radius 1 is 1.09 bits per heavy atom. The number of amides is 1. The predicted molar refractivity (Wildman–Crippen MR) is 164 cm³/mol. The van der Waals surface area contributed by atoms with Crippen molar-refractivity contribution >= 4 is 37.9 Å². The third kappa shape index (κ3) is 6.17. The fraction of sp³-hybridized carbons (Fsp3) is 0.345. The summed E-state index contributed by atoms with van der Waals surface area (Å²) in [6, 6.07) is 10.1. The molecular weight excluding hydrogens is 587 g/mol. The number of hydrogen-bond donors (Lipinski definition) is 2. The molecular formula is C29H33N9O3S2. The van der Waals surface area contributed by atoms with Crippen molar-refractivity contribution in [3.05, 3.63) is 78.0 Å². The largest absolute Gasteiger partial charge is 0.348 e. The van der Waals surface area contributed by atoms with Crippen LogP contribution in [0.25, 0.3) is 16.2 Å². The highest BCUT2D eigenvalue weighted by atomic mass is 32.2. The number of anilines is 1. The van der Waals surface area contributed by atoms with Gasteiger partial charge in [-0.2, -0.15) is 5.10 Å². The van der Waals surface area contributed by atoms with Gasteiger partial charge in [0.15, 0.2) is 14.8 Å². The molecule has 1 amide bonds. The van der Waals surface area contributed by atoms with Gasteiger partial charge in [0.2, 0.25) is 5.13 Å².